The zero-order valence-electron chi connectivity index (χ0n) is 15.0. The topological polar surface area (TPSA) is 24.8 Å². The summed E-state index contributed by atoms with van der Waals surface area (Å²) in [6.45, 7) is 7.56. The van der Waals surface area contributed by atoms with Gasteiger partial charge in [0.1, 0.15) is 0 Å². The Balaban J connectivity index is 1.46. The van der Waals surface area contributed by atoms with Crippen LogP contribution in [0.1, 0.15) is 44.6 Å². The van der Waals surface area contributed by atoms with Crippen molar-refractivity contribution < 1.29 is 9.69 Å². The second-order valence-electron chi connectivity index (χ2n) is 7.49. The highest BCUT2D eigenvalue weighted by Gasteiger charge is 2.30. The number of likely N-dealkylation sites (tertiary alicyclic amines) is 2. The third-order valence-electron chi connectivity index (χ3n) is 5.45. The maximum absolute atomic E-state index is 12.6. The van der Waals surface area contributed by atoms with Gasteiger partial charge in [0.15, 0.2) is 0 Å². The minimum Gasteiger partial charge on any atom is -0.342 e. The molecular formula is C21H31N2O+. The lowest BCUT2D eigenvalue weighted by atomic mass is 9.94. The Kier molecular flexibility index (Phi) is 6.08. The Bertz CT molecular complexity index is 552. The zero-order chi connectivity index (χ0) is 16.8. The van der Waals surface area contributed by atoms with Gasteiger partial charge < -0.3 is 9.80 Å². The summed E-state index contributed by atoms with van der Waals surface area (Å²) >= 11 is 0. The van der Waals surface area contributed by atoms with E-state index < -0.39 is 0 Å². The fraction of sp³-hybridized carbons (Fsp3) is 0.571. The fourth-order valence-electron chi connectivity index (χ4n) is 4.10. The number of nitrogens with one attached hydrogen (secondary N) is 1. The molecular weight excluding hydrogens is 296 g/mol. The summed E-state index contributed by atoms with van der Waals surface area (Å²) in [6.07, 6.45) is 8.09. The smallest absolute Gasteiger partial charge is 0.226 e. The van der Waals surface area contributed by atoms with E-state index in [1.54, 1.807) is 4.90 Å². The maximum atomic E-state index is 12.6. The van der Waals surface area contributed by atoms with E-state index in [2.05, 4.69) is 48.2 Å². The summed E-state index contributed by atoms with van der Waals surface area (Å²) in [5.41, 5.74) is 2.71. The Labute approximate surface area is 146 Å². The van der Waals surface area contributed by atoms with Crippen molar-refractivity contribution in [3.63, 3.8) is 0 Å². The number of carbonyl (C=O) groups is 1. The van der Waals surface area contributed by atoms with Gasteiger partial charge in [0.2, 0.25) is 5.91 Å². The molecule has 0 unspecified atom stereocenters. The van der Waals surface area contributed by atoms with Gasteiger partial charge in [-0.2, -0.15) is 0 Å². The normalized spacial score (nSPS) is 25.5. The predicted octanol–water partition coefficient (Wildman–Crippen LogP) is 2.40. The first kappa shape index (κ1) is 17.2. The molecule has 1 aromatic rings. The van der Waals surface area contributed by atoms with Crippen molar-refractivity contribution in [2.24, 2.45) is 5.92 Å². The highest BCUT2D eigenvalue weighted by molar-refractivity contribution is 5.79. The lowest BCUT2D eigenvalue weighted by Crippen LogP contribution is -3.13. The molecule has 0 atom stereocenters. The molecule has 1 amide bonds. The first-order valence-corrected chi connectivity index (χ1v) is 9.57. The number of piperidine rings is 2. The Morgan fingerprint density at radius 3 is 2.46 bits per heavy atom. The molecule has 1 N–H and O–H groups in total. The molecule has 1 aromatic carbocycles. The van der Waals surface area contributed by atoms with Crippen LogP contribution < -0.4 is 4.90 Å². The van der Waals surface area contributed by atoms with Crippen LogP contribution in [0.25, 0.3) is 6.08 Å². The van der Waals surface area contributed by atoms with Crippen molar-refractivity contribution in [2.45, 2.75) is 39.0 Å². The van der Waals surface area contributed by atoms with Crippen LogP contribution in [0.3, 0.4) is 0 Å². The SMILES string of the molecule is C/C(=C/c1ccccc1)C[NH+]1CCC(C(=O)N2CCCCC2)CC1. The molecule has 2 saturated heterocycles. The lowest BCUT2D eigenvalue weighted by molar-refractivity contribution is -0.901. The Morgan fingerprint density at radius 1 is 1.12 bits per heavy atom. The molecule has 0 radical (unpaired) electrons. The molecule has 3 rings (SSSR count). The molecule has 2 fully saturated rings. The summed E-state index contributed by atoms with van der Waals surface area (Å²) in [4.78, 5) is 16.4. The number of quaternary nitrogens is 1. The number of nitrogens with zero attached hydrogens (tertiary/aromatic N) is 1. The van der Waals surface area contributed by atoms with Gasteiger partial charge in [-0.25, -0.2) is 0 Å². The van der Waals surface area contributed by atoms with Gasteiger partial charge >= 0.3 is 0 Å². The van der Waals surface area contributed by atoms with Crippen LogP contribution in [-0.4, -0.2) is 43.5 Å². The second kappa shape index (κ2) is 8.48. The van der Waals surface area contributed by atoms with Gasteiger partial charge in [0.05, 0.1) is 19.6 Å². The third kappa shape index (κ3) is 4.70. The van der Waals surface area contributed by atoms with Gasteiger partial charge in [-0.15, -0.1) is 0 Å². The fourth-order valence-corrected chi connectivity index (χ4v) is 4.10. The van der Waals surface area contributed by atoms with Gasteiger partial charge in [-0.05, 0) is 37.3 Å². The third-order valence-corrected chi connectivity index (χ3v) is 5.45. The molecule has 2 heterocycles. The van der Waals surface area contributed by atoms with Crippen LogP contribution in [0.2, 0.25) is 0 Å². The van der Waals surface area contributed by atoms with Crippen molar-refractivity contribution in [3.05, 3.63) is 41.5 Å². The van der Waals surface area contributed by atoms with Crippen LogP contribution >= 0.6 is 0 Å². The summed E-state index contributed by atoms with van der Waals surface area (Å²) in [7, 11) is 0. The van der Waals surface area contributed by atoms with Gasteiger partial charge in [-0.1, -0.05) is 36.4 Å². The van der Waals surface area contributed by atoms with E-state index in [1.165, 1.54) is 30.4 Å². The number of hydrogen-bond acceptors (Lipinski definition) is 1. The van der Waals surface area contributed by atoms with Crippen molar-refractivity contribution in [3.8, 4) is 0 Å². The first-order valence-electron chi connectivity index (χ1n) is 9.57. The zero-order valence-corrected chi connectivity index (χ0v) is 15.0. The van der Waals surface area contributed by atoms with E-state index in [0.29, 0.717) is 5.91 Å². The largest absolute Gasteiger partial charge is 0.342 e. The van der Waals surface area contributed by atoms with Gasteiger partial charge in [-0.3, -0.25) is 4.79 Å². The van der Waals surface area contributed by atoms with E-state index >= 15 is 0 Å². The van der Waals surface area contributed by atoms with Crippen LogP contribution in [-0.2, 0) is 4.79 Å². The van der Waals surface area contributed by atoms with Crippen LogP contribution in [0, 0.1) is 5.92 Å². The van der Waals surface area contributed by atoms with Crippen molar-refractivity contribution in [2.75, 3.05) is 32.7 Å². The molecule has 0 aliphatic carbocycles. The molecule has 2 aliphatic rings. The average Bonchev–Trinajstić information content (AvgIpc) is 2.63. The monoisotopic (exact) mass is 327 g/mol. The molecule has 130 valence electrons. The predicted molar refractivity (Wildman–Crippen MR) is 98.8 cm³/mol. The molecule has 2 aliphatic heterocycles. The van der Waals surface area contributed by atoms with E-state index in [0.717, 1.165) is 45.6 Å². The van der Waals surface area contributed by atoms with Crippen LogP contribution in [0.15, 0.2) is 35.9 Å². The Morgan fingerprint density at radius 2 is 1.79 bits per heavy atom. The minimum atomic E-state index is 0.283. The van der Waals surface area contributed by atoms with E-state index in [9.17, 15) is 4.79 Å². The van der Waals surface area contributed by atoms with Crippen molar-refractivity contribution in [1.82, 2.24) is 4.90 Å². The maximum Gasteiger partial charge on any atom is 0.226 e. The van der Waals surface area contributed by atoms with Gasteiger partial charge in [0, 0.05) is 31.8 Å². The number of rotatable bonds is 4. The molecule has 3 nitrogen and oxygen atoms in total. The number of carbonyl (C=O) groups excluding carboxylic acids is 1. The van der Waals surface area contributed by atoms with Crippen molar-refractivity contribution in [1.29, 1.82) is 0 Å². The second-order valence-corrected chi connectivity index (χ2v) is 7.49. The highest BCUT2D eigenvalue weighted by Crippen LogP contribution is 2.17. The minimum absolute atomic E-state index is 0.283. The summed E-state index contributed by atoms with van der Waals surface area (Å²) < 4.78 is 0. The summed E-state index contributed by atoms with van der Waals surface area (Å²) in [5, 5.41) is 0. The van der Waals surface area contributed by atoms with Crippen LogP contribution in [0.5, 0.6) is 0 Å². The van der Waals surface area contributed by atoms with Gasteiger partial charge in [0.25, 0.3) is 0 Å². The summed E-state index contributed by atoms with van der Waals surface area (Å²) in [6, 6.07) is 10.5. The molecule has 0 saturated carbocycles. The van der Waals surface area contributed by atoms with Crippen molar-refractivity contribution >= 4 is 12.0 Å². The average molecular weight is 327 g/mol. The molecule has 0 bridgehead atoms. The van der Waals surface area contributed by atoms with E-state index in [4.69, 9.17) is 0 Å². The molecule has 24 heavy (non-hydrogen) atoms. The molecule has 3 heteroatoms. The number of hydrogen-bond donors (Lipinski definition) is 1. The molecule has 0 spiro atoms. The summed E-state index contributed by atoms with van der Waals surface area (Å²) in [5.74, 6) is 0.718. The quantitative estimate of drug-likeness (QED) is 0.902. The standard InChI is InChI=1S/C21H30N2O/c1-18(16-19-8-4-2-5-9-19)17-22-14-10-20(11-15-22)21(24)23-12-6-3-7-13-23/h2,4-5,8-9,16,20H,3,6-7,10-15,17H2,1H3/p+1/b18-16-. The Hall–Kier alpha value is -1.61. The lowest BCUT2D eigenvalue weighted by Gasteiger charge is -2.34. The number of benzene rings is 1. The van der Waals surface area contributed by atoms with E-state index in [1.807, 2.05) is 0 Å². The van der Waals surface area contributed by atoms with Crippen LogP contribution in [0.4, 0.5) is 0 Å². The number of amides is 1. The molecule has 0 aromatic heterocycles. The highest BCUT2D eigenvalue weighted by atomic mass is 16.2. The van der Waals surface area contributed by atoms with E-state index in [-0.39, 0.29) is 5.92 Å². The first-order chi connectivity index (χ1) is 11.7.